The maximum Gasteiger partial charge on any atom is 0.263 e. The normalized spacial score (nSPS) is 15.1. The molecule has 0 radical (unpaired) electrons. The van der Waals surface area contributed by atoms with Crippen LogP contribution in [0, 0.1) is 0 Å². The molecule has 1 fully saturated rings. The van der Waals surface area contributed by atoms with Crippen LogP contribution in [0.2, 0.25) is 0 Å². The van der Waals surface area contributed by atoms with E-state index in [1.807, 2.05) is 12.1 Å². The number of rotatable bonds is 6. The minimum Gasteiger partial charge on any atom is -0.310 e. The summed E-state index contributed by atoms with van der Waals surface area (Å²) in [7, 11) is -1.89. The molecule has 1 saturated carbocycles. The predicted molar refractivity (Wildman–Crippen MR) is 80.3 cm³/mol. The number of anilines is 1. The highest BCUT2D eigenvalue weighted by Gasteiger charge is 2.20. The molecule has 0 aliphatic heterocycles. The summed E-state index contributed by atoms with van der Waals surface area (Å²) in [6.45, 7) is 0.778. The third-order valence-electron chi connectivity index (χ3n) is 3.47. The Morgan fingerprint density at radius 1 is 1.24 bits per heavy atom. The molecule has 2 aromatic rings. The average molecular weight is 306 g/mol. The van der Waals surface area contributed by atoms with Crippen molar-refractivity contribution in [3.63, 3.8) is 0 Å². The SMILES string of the molecule is Cn1nccc1NS(=O)(=O)c1ccc(CNC2CC2)cc1. The minimum absolute atomic E-state index is 0.249. The van der Waals surface area contributed by atoms with Crippen LogP contribution in [-0.4, -0.2) is 24.2 Å². The van der Waals surface area contributed by atoms with Crippen molar-refractivity contribution in [2.45, 2.75) is 30.3 Å². The summed E-state index contributed by atoms with van der Waals surface area (Å²) >= 11 is 0. The molecule has 0 saturated heterocycles. The molecule has 1 aromatic heterocycles. The fourth-order valence-electron chi connectivity index (χ4n) is 2.01. The summed E-state index contributed by atoms with van der Waals surface area (Å²) in [5.74, 6) is 0.439. The van der Waals surface area contributed by atoms with Crippen molar-refractivity contribution >= 4 is 15.8 Å². The highest BCUT2D eigenvalue weighted by molar-refractivity contribution is 7.92. The quantitative estimate of drug-likeness (QED) is 0.847. The van der Waals surface area contributed by atoms with Gasteiger partial charge in [0.1, 0.15) is 5.82 Å². The van der Waals surface area contributed by atoms with Gasteiger partial charge in [-0.15, -0.1) is 0 Å². The first-order chi connectivity index (χ1) is 10.0. The summed E-state index contributed by atoms with van der Waals surface area (Å²) in [6, 6.07) is 9.19. The van der Waals surface area contributed by atoms with Gasteiger partial charge in [0.25, 0.3) is 10.0 Å². The van der Waals surface area contributed by atoms with E-state index in [-0.39, 0.29) is 4.90 Å². The summed E-state index contributed by atoms with van der Waals surface area (Å²) < 4.78 is 28.5. The summed E-state index contributed by atoms with van der Waals surface area (Å²) in [4.78, 5) is 0.249. The molecule has 0 spiro atoms. The van der Waals surface area contributed by atoms with E-state index in [2.05, 4.69) is 15.1 Å². The lowest BCUT2D eigenvalue weighted by atomic mass is 10.2. The molecule has 21 heavy (non-hydrogen) atoms. The molecule has 112 valence electrons. The molecule has 1 aromatic carbocycles. The number of sulfonamides is 1. The monoisotopic (exact) mass is 306 g/mol. The third kappa shape index (κ3) is 3.43. The molecule has 3 rings (SSSR count). The van der Waals surface area contributed by atoms with E-state index in [4.69, 9.17) is 0 Å². The Morgan fingerprint density at radius 2 is 1.95 bits per heavy atom. The standard InChI is InChI=1S/C14H18N4O2S/c1-18-14(8-9-16-18)17-21(19,20)13-6-2-11(3-7-13)10-15-12-4-5-12/h2-3,6-9,12,15,17H,4-5,10H2,1H3. The number of aromatic nitrogens is 2. The molecular weight excluding hydrogens is 288 g/mol. The first-order valence-corrected chi connectivity index (χ1v) is 8.36. The Bertz CT molecular complexity index is 718. The summed E-state index contributed by atoms with van der Waals surface area (Å²) in [5, 5.41) is 7.33. The molecule has 0 unspecified atom stereocenters. The predicted octanol–water partition coefficient (Wildman–Crippen LogP) is 1.47. The molecule has 1 aliphatic rings. The lowest BCUT2D eigenvalue weighted by Crippen LogP contribution is -2.17. The number of benzene rings is 1. The van der Waals surface area contributed by atoms with Gasteiger partial charge in [-0.1, -0.05) is 12.1 Å². The fourth-order valence-corrected chi connectivity index (χ4v) is 3.09. The van der Waals surface area contributed by atoms with Gasteiger partial charge in [0.2, 0.25) is 0 Å². The number of hydrogen-bond acceptors (Lipinski definition) is 4. The second-order valence-corrected chi connectivity index (χ2v) is 6.93. The first-order valence-electron chi connectivity index (χ1n) is 6.88. The Balaban J connectivity index is 1.71. The number of hydrogen-bond donors (Lipinski definition) is 2. The lowest BCUT2D eigenvalue weighted by molar-refractivity contribution is 0.600. The van der Waals surface area contributed by atoms with Gasteiger partial charge in [-0.05, 0) is 30.5 Å². The highest BCUT2D eigenvalue weighted by Crippen LogP contribution is 2.20. The highest BCUT2D eigenvalue weighted by atomic mass is 32.2. The van der Waals surface area contributed by atoms with E-state index in [0.29, 0.717) is 11.9 Å². The number of aryl methyl sites for hydroxylation is 1. The van der Waals surface area contributed by atoms with E-state index < -0.39 is 10.0 Å². The fraction of sp³-hybridized carbons (Fsp3) is 0.357. The van der Waals surface area contributed by atoms with Crippen molar-refractivity contribution in [2.24, 2.45) is 7.05 Å². The van der Waals surface area contributed by atoms with Crippen LogP contribution in [0.15, 0.2) is 41.4 Å². The van der Waals surface area contributed by atoms with Crippen molar-refractivity contribution in [1.29, 1.82) is 0 Å². The largest absolute Gasteiger partial charge is 0.310 e. The van der Waals surface area contributed by atoms with Crippen LogP contribution >= 0.6 is 0 Å². The molecule has 2 N–H and O–H groups in total. The van der Waals surface area contributed by atoms with Crippen molar-refractivity contribution in [3.8, 4) is 0 Å². The lowest BCUT2D eigenvalue weighted by Gasteiger charge is -2.09. The van der Waals surface area contributed by atoms with Crippen LogP contribution in [0.1, 0.15) is 18.4 Å². The van der Waals surface area contributed by atoms with Crippen molar-refractivity contribution in [3.05, 3.63) is 42.1 Å². The zero-order valence-electron chi connectivity index (χ0n) is 11.8. The molecule has 7 heteroatoms. The van der Waals surface area contributed by atoms with Gasteiger partial charge in [-0.3, -0.25) is 9.40 Å². The van der Waals surface area contributed by atoms with Gasteiger partial charge in [0.15, 0.2) is 0 Å². The molecular formula is C14H18N4O2S. The Kier molecular flexibility index (Phi) is 3.69. The van der Waals surface area contributed by atoms with Crippen LogP contribution in [0.25, 0.3) is 0 Å². The molecule has 0 amide bonds. The molecule has 1 aliphatic carbocycles. The van der Waals surface area contributed by atoms with Gasteiger partial charge in [-0.2, -0.15) is 5.10 Å². The number of nitrogens with zero attached hydrogens (tertiary/aromatic N) is 2. The zero-order chi connectivity index (χ0) is 14.9. The average Bonchev–Trinajstić information content (AvgIpc) is 3.21. The maximum atomic E-state index is 12.3. The second-order valence-electron chi connectivity index (χ2n) is 5.24. The Hall–Kier alpha value is -1.86. The topological polar surface area (TPSA) is 76.0 Å². The van der Waals surface area contributed by atoms with Gasteiger partial charge >= 0.3 is 0 Å². The summed E-state index contributed by atoms with van der Waals surface area (Å²) in [5.41, 5.74) is 1.08. The third-order valence-corrected chi connectivity index (χ3v) is 4.84. The second kappa shape index (κ2) is 5.50. The Labute approximate surface area is 124 Å². The molecule has 0 bridgehead atoms. The zero-order valence-corrected chi connectivity index (χ0v) is 12.6. The van der Waals surface area contributed by atoms with Crippen molar-refractivity contribution in [2.75, 3.05) is 4.72 Å². The van der Waals surface area contributed by atoms with Crippen LogP contribution in [0.4, 0.5) is 5.82 Å². The summed E-state index contributed by atoms with van der Waals surface area (Å²) in [6.07, 6.45) is 4.02. The van der Waals surface area contributed by atoms with E-state index in [0.717, 1.165) is 12.1 Å². The van der Waals surface area contributed by atoms with E-state index >= 15 is 0 Å². The van der Waals surface area contributed by atoms with E-state index in [1.165, 1.54) is 17.5 Å². The van der Waals surface area contributed by atoms with Crippen molar-refractivity contribution < 1.29 is 8.42 Å². The van der Waals surface area contributed by atoms with Gasteiger partial charge in [0.05, 0.1) is 11.1 Å². The van der Waals surface area contributed by atoms with Gasteiger partial charge in [-0.25, -0.2) is 8.42 Å². The molecule has 1 heterocycles. The molecule has 0 atom stereocenters. The van der Waals surface area contributed by atoms with E-state index in [9.17, 15) is 8.42 Å². The number of nitrogens with one attached hydrogen (secondary N) is 2. The van der Waals surface area contributed by atoms with Crippen molar-refractivity contribution in [1.82, 2.24) is 15.1 Å². The van der Waals surface area contributed by atoms with Gasteiger partial charge in [0, 0.05) is 25.7 Å². The van der Waals surface area contributed by atoms with Crippen LogP contribution in [0.3, 0.4) is 0 Å². The van der Waals surface area contributed by atoms with Crippen LogP contribution in [0.5, 0.6) is 0 Å². The van der Waals surface area contributed by atoms with E-state index in [1.54, 1.807) is 31.4 Å². The van der Waals surface area contributed by atoms with Crippen LogP contribution in [-0.2, 0) is 23.6 Å². The Morgan fingerprint density at radius 3 is 2.52 bits per heavy atom. The van der Waals surface area contributed by atoms with Gasteiger partial charge < -0.3 is 5.32 Å². The van der Waals surface area contributed by atoms with Crippen LogP contribution < -0.4 is 10.0 Å². The molecule has 6 nitrogen and oxygen atoms in total. The smallest absolute Gasteiger partial charge is 0.263 e. The first kappa shape index (κ1) is 14.1. The minimum atomic E-state index is -3.57. The maximum absolute atomic E-state index is 12.3.